The lowest BCUT2D eigenvalue weighted by Crippen LogP contribution is -2.49. The summed E-state index contributed by atoms with van der Waals surface area (Å²) < 4.78 is 27.2. The number of nitrogens with two attached hydrogens (primary N) is 1. The van der Waals surface area contributed by atoms with E-state index in [0.717, 1.165) is 6.26 Å². The molecular weight excluding hydrogens is 353 g/mol. The van der Waals surface area contributed by atoms with Crippen molar-refractivity contribution in [3.8, 4) is 0 Å². The van der Waals surface area contributed by atoms with Crippen molar-refractivity contribution in [3.05, 3.63) is 33.8 Å². The van der Waals surface area contributed by atoms with E-state index in [0.29, 0.717) is 33.7 Å². The van der Waals surface area contributed by atoms with Gasteiger partial charge in [-0.05, 0) is 24.1 Å². The zero-order chi connectivity index (χ0) is 16.9. The fraction of sp³-hybridized carbons (Fsp3) is 0.417. The van der Waals surface area contributed by atoms with E-state index >= 15 is 0 Å². The van der Waals surface area contributed by atoms with Crippen molar-refractivity contribution in [3.63, 3.8) is 0 Å². The van der Waals surface area contributed by atoms with Crippen LogP contribution in [0.5, 0.6) is 0 Å². The number of carbonyl (C=O) groups is 1. The van der Waals surface area contributed by atoms with Gasteiger partial charge in [0.2, 0.25) is 0 Å². The van der Waals surface area contributed by atoms with Crippen LogP contribution in [0.4, 0.5) is 4.79 Å². The zero-order valence-corrected chi connectivity index (χ0v) is 14.5. The summed E-state index contributed by atoms with van der Waals surface area (Å²) in [6.07, 6.45) is 1.46. The molecule has 124 valence electrons. The molecule has 0 aliphatic carbocycles. The highest BCUT2D eigenvalue weighted by atomic mass is 35.5. The number of rotatable bonds is 7. The Balaban J connectivity index is 3.03. The van der Waals surface area contributed by atoms with Crippen molar-refractivity contribution in [2.75, 3.05) is 12.8 Å². The molecule has 0 saturated carbocycles. The zero-order valence-electron chi connectivity index (χ0n) is 12.1. The van der Waals surface area contributed by atoms with Crippen LogP contribution >= 0.6 is 23.2 Å². The van der Waals surface area contributed by atoms with E-state index in [2.05, 4.69) is 4.28 Å². The van der Waals surface area contributed by atoms with Crippen LogP contribution in [0.25, 0.3) is 0 Å². The third kappa shape index (κ3) is 5.98. The van der Waals surface area contributed by atoms with Gasteiger partial charge in [-0.2, -0.15) is 13.4 Å². The Morgan fingerprint density at radius 2 is 1.95 bits per heavy atom. The monoisotopic (exact) mass is 369 g/mol. The van der Waals surface area contributed by atoms with Crippen LogP contribution in [0.15, 0.2) is 18.2 Å². The molecule has 1 aromatic rings. The second-order valence-corrected chi connectivity index (χ2v) is 6.90. The van der Waals surface area contributed by atoms with Crippen molar-refractivity contribution >= 4 is 39.4 Å². The van der Waals surface area contributed by atoms with Crippen LogP contribution in [0.3, 0.4) is 0 Å². The summed E-state index contributed by atoms with van der Waals surface area (Å²) in [4.78, 5) is 11.5. The van der Waals surface area contributed by atoms with Crippen LogP contribution in [0.1, 0.15) is 18.9 Å². The fourth-order valence-corrected chi connectivity index (χ4v) is 2.44. The van der Waals surface area contributed by atoms with Gasteiger partial charge in [0.25, 0.3) is 10.1 Å². The highest BCUT2D eigenvalue weighted by molar-refractivity contribution is 7.85. The first-order chi connectivity index (χ1) is 10.1. The number of hydrazine groups is 1. The average molecular weight is 370 g/mol. The van der Waals surface area contributed by atoms with Gasteiger partial charge < -0.3 is 5.73 Å². The molecule has 2 N–H and O–H groups in total. The van der Waals surface area contributed by atoms with Gasteiger partial charge in [0, 0.05) is 13.1 Å². The Morgan fingerprint density at radius 3 is 2.41 bits per heavy atom. The molecule has 0 aromatic heterocycles. The number of urea groups is 1. The van der Waals surface area contributed by atoms with Gasteiger partial charge in [-0.15, -0.1) is 9.46 Å². The predicted molar refractivity (Wildman–Crippen MR) is 84.5 cm³/mol. The number of halogens is 2. The number of primary amides is 1. The number of carbonyl (C=O) groups excluding carboxylic acids is 1. The molecule has 1 rings (SSSR count). The summed E-state index contributed by atoms with van der Waals surface area (Å²) in [5.74, 6) is 0. The number of hydroxylamine groups is 1. The summed E-state index contributed by atoms with van der Waals surface area (Å²) in [5.41, 5.74) is 5.91. The van der Waals surface area contributed by atoms with Crippen molar-refractivity contribution in [2.45, 2.75) is 19.9 Å². The van der Waals surface area contributed by atoms with Crippen LogP contribution in [0.2, 0.25) is 10.0 Å². The van der Waals surface area contributed by atoms with E-state index in [1.165, 1.54) is 5.01 Å². The Morgan fingerprint density at radius 1 is 1.32 bits per heavy atom. The molecule has 0 unspecified atom stereocenters. The number of hydrogen-bond donors (Lipinski definition) is 1. The van der Waals surface area contributed by atoms with Gasteiger partial charge in [0.15, 0.2) is 0 Å². The maximum atomic E-state index is 11.5. The minimum Gasteiger partial charge on any atom is -0.348 e. The molecule has 2 amide bonds. The minimum absolute atomic E-state index is 0.170. The molecule has 0 spiro atoms. The van der Waals surface area contributed by atoms with E-state index in [-0.39, 0.29) is 6.54 Å². The number of hydrogen-bond acceptors (Lipinski definition) is 5. The third-order valence-electron chi connectivity index (χ3n) is 2.48. The predicted octanol–water partition coefficient (Wildman–Crippen LogP) is 2.39. The first-order valence-electron chi connectivity index (χ1n) is 6.32. The molecular formula is C12H17Cl2N3O4S. The first kappa shape index (κ1) is 19.0. The lowest BCUT2D eigenvalue weighted by atomic mass is 10.2. The molecule has 7 nitrogen and oxygen atoms in total. The Hall–Kier alpha value is -1.06. The first-order valence-corrected chi connectivity index (χ1v) is 8.89. The minimum atomic E-state index is -3.90. The van der Waals surface area contributed by atoms with Crippen molar-refractivity contribution in [1.82, 2.24) is 10.2 Å². The summed E-state index contributed by atoms with van der Waals surface area (Å²) in [7, 11) is -3.90. The average Bonchev–Trinajstić information content (AvgIpc) is 2.38. The Bertz CT molecular complexity index is 639. The molecule has 1 aromatic carbocycles. The van der Waals surface area contributed by atoms with E-state index in [1.807, 2.05) is 6.92 Å². The fourth-order valence-electron chi connectivity index (χ4n) is 1.69. The number of amides is 2. The molecule has 0 bridgehead atoms. The van der Waals surface area contributed by atoms with Gasteiger partial charge in [-0.3, -0.25) is 0 Å². The van der Waals surface area contributed by atoms with Gasteiger partial charge >= 0.3 is 6.03 Å². The van der Waals surface area contributed by atoms with Gasteiger partial charge in [-0.25, -0.2) is 4.79 Å². The van der Waals surface area contributed by atoms with E-state index in [1.54, 1.807) is 18.2 Å². The largest absolute Gasteiger partial charge is 0.355 e. The van der Waals surface area contributed by atoms with E-state index in [4.69, 9.17) is 28.9 Å². The molecule has 0 fully saturated rings. The van der Waals surface area contributed by atoms with Crippen molar-refractivity contribution in [1.29, 1.82) is 0 Å². The smallest absolute Gasteiger partial charge is 0.348 e. The Kier molecular flexibility index (Phi) is 6.89. The molecule has 10 heteroatoms. The second kappa shape index (κ2) is 7.98. The lowest BCUT2D eigenvalue weighted by Gasteiger charge is -2.30. The third-order valence-corrected chi connectivity index (χ3v) is 3.63. The van der Waals surface area contributed by atoms with Crippen LogP contribution in [-0.2, 0) is 20.9 Å². The highest BCUT2D eigenvalue weighted by Gasteiger charge is 2.24. The molecule has 0 heterocycles. The summed E-state index contributed by atoms with van der Waals surface area (Å²) in [5, 5.41) is 2.64. The van der Waals surface area contributed by atoms with Gasteiger partial charge in [0.05, 0.1) is 16.3 Å². The standard InChI is InChI=1S/C12H17Cl2N3O4S/c1-3-6-16(17(12(15)18)21-22(2,19)20)8-9-4-5-10(13)11(14)7-9/h4-5,7H,3,6,8H2,1-2H3,(H2,15,18). The summed E-state index contributed by atoms with van der Waals surface area (Å²) in [6, 6.07) is 3.89. The maximum absolute atomic E-state index is 11.5. The number of nitrogens with zero attached hydrogens (tertiary/aromatic N) is 2. The van der Waals surface area contributed by atoms with Crippen LogP contribution in [-0.4, -0.2) is 37.4 Å². The second-order valence-electron chi connectivity index (χ2n) is 4.53. The molecule has 0 saturated heterocycles. The van der Waals surface area contributed by atoms with E-state index < -0.39 is 16.1 Å². The van der Waals surface area contributed by atoms with Crippen LogP contribution in [0, 0.1) is 0 Å². The molecule has 0 aliphatic rings. The van der Waals surface area contributed by atoms with Crippen LogP contribution < -0.4 is 5.73 Å². The topological polar surface area (TPSA) is 92.9 Å². The normalized spacial score (nSPS) is 11.7. The quantitative estimate of drug-likeness (QED) is 0.744. The Labute approximate surface area is 139 Å². The van der Waals surface area contributed by atoms with Gasteiger partial charge in [0.1, 0.15) is 0 Å². The molecule has 0 aliphatic heterocycles. The highest BCUT2D eigenvalue weighted by Crippen LogP contribution is 2.23. The van der Waals surface area contributed by atoms with Crippen molar-refractivity contribution < 1.29 is 17.5 Å². The SMILES string of the molecule is CCCN(Cc1ccc(Cl)c(Cl)c1)N(OS(C)(=O)=O)C(N)=O. The molecule has 0 radical (unpaired) electrons. The maximum Gasteiger partial charge on any atom is 0.355 e. The van der Waals surface area contributed by atoms with Crippen molar-refractivity contribution in [2.24, 2.45) is 5.73 Å². The van der Waals surface area contributed by atoms with Gasteiger partial charge in [-0.1, -0.05) is 36.2 Å². The molecule has 22 heavy (non-hydrogen) atoms. The number of benzene rings is 1. The molecule has 0 atom stereocenters. The summed E-state index contributed by atoms with van der Waals surface area (Å²) in [6.45, 7) is 2.38. The lowest BCUT2D eigenvalue weighted by molar-refractivity contribution is -0.173. The summed E-state index contributed by atoms with van der Waals surface area (Å²) >= 11 is 11.8. The van der Waals surface area contributed by atoms with E-state index in [9.17, 15) is 13.2 Å².